The van der Waals surface area contributed by atoms with Crippen molar-refractivity contribution in [2.75, 3.05) is 52.7 Å². The van der Waals surface area contributed by atoms with E-state index in [0.717, 1.165) is 57.8 Å². The van der Waals surface area contributed by atoms with E-state index in [-0.39, 0.29) is 0 Å². The predicted octanol–water partition coefficient (Wildman–Crippen LogP) is 3.43. The van der Waals surface area contributed by atoms with Crippen LogP contribution in [-0.4, -0.2) is 75.7 Å². The molecule has 0 radical (unpaired) electrons. The molecule has 0 aliphatic heterocycles. The minimum atomic E-state index is -2.51. The van der Waals surface area contributed by atoms with Crippen LogP contribution in [0.3, 0.4) is 0 Å². The summed E-state index contributed by atoms with van der Waals surface area (Å²) in [6.45, 7) is 19.0. The van der Waals surface area contributed by atoms with Gasteiger partial charge in [0.05, 0.1) is 0 Å². The molecule has 0 aromatic carbocycles. The molecule has 0 aliphatic carbocycles. The number of hydrogen-bond donors (Lipinski definition) is 0. The smallest absolute Gasteiger partial charge is 0.397 e. The fourth-order valence-electron chi connectivity index (χ4n) is 3.02. The second kappa shape index (κ2) is 17.3. The Morgan fingerprint density at radius 1 is 0.692 bits per heavy atom. The molecule has 0 rings (SSSR count). The summed E-state index contributed by atoms with van der Waals surface area (Å²) in [5.74, 6) is 0. The Kier molecular flexibility index (Phi) is 17.4. The summed E-state index contributed by atoms with van der Waals surface area (Å²) in [6.07, 6.45) is 2.17. The molecule has 158 valence electrons. The zero-order chi connectivity index (χ0) is 19.7. The van der Waals surface area contributed by atoms with E-state index in [4.69, 9.17) is 22.1 Å². The van der Waals surface area contributed by atoms with Gasteiger partial charge in [-0.3, -0.25) is 0 Å². The third-order valence-corrected chi connectivity index (χ3v) is 9.56. The van der Waals surface area contributed by atoms with Crippen molar-refractivity contribution in [3.63, 3.8) is 0 Å². The molecule has 0 atom stereocenters. The highest BCUT2D eigenvalue weighted by atomic mass is 28.4. The summed E-state index contributed by atoms with van der Waals surface area (Å²) in [6, 6.07) is 1.96. The maximum atomic E-state index is 5.94. The lowest BCUT2D eigenvalue weighted by Gasteiger charge is -2.29. The summed E-state index contributed by atoms with van der Waals surface area (Å²) in [4.78, 5) is 2.49. The van der Waals surface area contributed by atoms with Crippen LogP contribution in [0.5, 0.6) is 0 Å². The first-order valence-corrected chi connectivity index (χ1v) is 14.2. The maximum absolute atomic E-state index is 5.94. The number of hydrogen-bond acceptors (Lipinski definition) is 6. The Bertz CT molecular complexity index is 290. The van der Waals surface area contributed by atoms with Gasteiger partial charge >= 0.3 is 18.1 Å². The summed E-state index contributed by atoms with van der Waals surface area (Å²) in [7, 11) is -3.97. The Labute approximate surface area is 164 Å². The normalized spacial score (nSPS) is 12.5. The third kappa shape index (κ3) is 11.8. The number of rotatable bonds is 19. The fourth-order valence-corrected chi connectivity index (χ4v) is 7.30. The van der Waals surface area contributed by atoms with Crippen LogP contribution in [0.2, 0.25) is 12.1 Å². The van der Waals surface area contributed by atoms with Crippen molar-refractivity contribution in [2.45, 2.75) is 66.5 Å². The largest absolute Gasteiger partial charge is 0.500 e. The summed E-state index contributed by atoms with van der Waals surface area (Å²) in [5.41, 5.74) is 0. The molecule has 0 saturated carbocycles. The van der Waals surface area contributed by atoms with Gasteiger partial charge in [-0.2, -0.15) is 0 Å². The van der Waals surface area contributed by atoms with Crippen molar-refractivity contribution in [1.82, 2.24) is 4.90 Å². The molecule has 0 bridgehead atoms. The van der Waals surface area contributed by atoms with Crippen molar-refractivity contribution in [3.8, 4) is 0 Å². The summed E-state index contributed by atoms with van der Waals surface area (Å²) < 4.78 is 29.3. The van der Waals surface area contributed by atoms with Gasteiger partial charge in [-0.25, -0.2) is 0 Å². The molecule has 0 aromatic heterocycles. The average Bonchev–Trinajstić information content (AvgIpc) is 2.61. The first kappa shape index (κ1) is 26.2. The molecule has 0 N–H and O–H groups in total. The highest BCUT2D eigenvalue weighted by molar-refractivity contribution is 6.60. The lowest BCUT2D eigenvalue weighted by atomic mass is 10.3. The van der Waals surface area contributed by atoms with E-state index in [1.807, 2.05) is 34.6 Å². The SMILES string of the molecule is CCO[SiH](CCCN(CC)CCC[Si](OCC)(OCC)OCC)OCC. The van der Waals surface area contributed by atoms with Crippen molar-refractivity contribution >= 4 is 18.1 Å². The summed E-state index contributed by atoms with van der Waals surface area (Å²) in [5, 5.41) is 0. The van der Waals surface area contributed by atoms with Crippen LogP contribution < -0.4 is 0 Å². The topological polar surface area (TPSA) is 49.4 Å². The Hall–Kier alpha value is 0.194. The Balaban J connectivity index is 4.31. The highest BCUT2D eigenvalue weighted by Gasteiger charge is 2.39. The predicted molar refractivity (Wildman–Crippen MR) is 112 cm³/mol. The van der Waals surface area contributed by atoms with Crippen molar-refractivity contribution in [2.24, 2.45) is 0 Å². The molecule has 0 amide bonds. The van der Waals surface area contributed by atoms with E-state index in [0.29, 0.717) is 19.8 Å². The first-order chi connectivity index (χ1) is 12.6. The quantitative estimate of drug-likeness (QED) is 0.305. The van der Waals surface area contributed by atoms with Gasteiger partial charge < -0.3 is 27.0 Å². The van der Waals surface area contributed by atoms with Gasteiger partial charge in [0.15, 0.2) is 0 Å². The van der Waals surface area contributed by atoms with Crippen LogP contribution >= 0.6 is 0 Å². The van der Waals surface area contributed by atoms with E-state index in [1.165, 1.54) is 0 Å². The van der Waals surface area contributed by atoms with Crippen LogP contribution in [-0.2, 0) is 22.1 Å². The van der Waals surface area contributed by atoms with E-state index >= 15 is 0 Å². The molecule has 0 spiro atoms. The molecule has 26 heavy (non-hydrogen) atoms. The molecule has 0 heterocycles. The van der Waals surface area contributed by atoms with Gasteiger partial charge in [0, 0.05) is 39.1 Å². The van der Waals surface area contributed by atoms with Crippen LogP contribution in [0.4, 0.5) is 0 Å². The van der Waals surface area contributed by atoms with Gasteiger partial charge in [0.1, 0.15) is 0 Å². The molecule has 0 saturated heterocycles. The lowest BCUT2D eigenvalue weighted by molar-refractivity contribution is 0.0699. The van der Waals surface area contributed by atoms with Crippen molar-refractivity contribution in [3.05, 3.63) is 0 Å². The lowest BCUT2D eigenvalue weighted by Crippen LogP contribution is -2.46. The van der Waals surface area contributed by atoms with Gasteiger partial charge in [0.2, 0.25) is 0 Å². The Morgan fingerprint density at radius 3 is 1.62 bits per heavy atom. The minimum absolute atomic E-state index is 0.643. The minimum Gasteiger partial charge on any atom is -0.397 e. The van der Waals surface area contributed by atoms with Gasteiger partial charge in [0.25, 0.3) is 0 Å². The second-order valence-corrected chi connectivity index (χ2v) is 10.8. The van der Waals surface area contributed by atoms with Crippen molar-refractivity contribution < 1.29 is 22.1 Å². The van der Waals surface area contributed by atoms with Gasteiger partial charge in [-0.1, -0.05) is 6.92 Å². The van der Waals surface area contributed by atoms with E-state index in [2.05, 4.69) is 11.8 Å². The van der Waals surface area contributed by atoms with Gasteiger partial charge in [-0.05, 0) is 73.1 Å². The molecule has 0 unspecified atom stereocenters. The maximum Gasteiger partial charge on any atom is 0.500 e. The van der Waals surface area contributed by atoms with Crippen LogP contribution in [0, 0.1) is 0 Å². The third-order valence-electron chi connectivity index (χ3n) is 4.12. The van der Waals surface area contributed by atoms with Crippen molar-refractivity contribution in [1.29, 1.82) is 0 Å². The van der Waals surface area contributed by atoms with E-state index in [1.54, 1.807) is 0 Å². The second-order valence-electron chi connectivity index (χ2n) is 6.00. The summed E-state index contributed by atoms with van der Waals surface area (Å²) >= 11 is 0. The van der Waals surface area contributed by atoms with Crippen LogP contribution in [0.15, 0.2) is 0 Å². The number of nitrogens with zero attached hydrogens (tertiary/aromatic N) is 1. The molecule has 8 heteroatoms. The van der Waals surface area contributed by atoms with Crippen LogP contribution in [0.25, 0.3) is 0 Å². The zero-order valence-electron chi connectivity index (χ0n) is 18.1. The van der Waals surface area contributed by atoms with E-state index in [9.17, 15) is 0 Å². The molecular formula is C18H43NO5Si2. The molecule has 0 aliphatic rings. The standard InChI is InChI=1S/C18H43NO5Si2/c1-7-19(15-13-17-25(20-8-2)21-9-3)16-14-18-26(22-10-4,23-11-5)24-12-6/h25H,7-18H2,1-6H3. The molecular weight excluding hydrogens is 366 g/mol. The monoisotopic (exact) mass is 409 g/mol. The molecule has 0 aromatic rings. The highest BCUT2D eigenvalue weighted by Crippen LogP contribution is 2.18. The fraction of sp³-hybridized carbons (Fsp3) is 1.00. The molecule has 6 nitrogen and oxygen atoms in total. The zero-order valence-corrected chi connectivity index (χ0v) is 20.2. The van der Waals surface area contributed by atoms with E-state index < -0.39 is 18.1 Å². The average molecular weight is 410 g/mol. The first-order valence-electron chi connectivity index (χ1n) is 10.5. The molecule has 0 fully saturated rings. The van der Waals surface area contributed by atoms with Crippen LogP contribution in [0.1, 0.15) is 54.4 Å². The Morgan fingerprint density at radius 2 is 1.19 bits per heavy atom. The van der Waals surface area contributed by atoms with Gasteiger partial charge in [-0.15, -0.1) is 0 Å².